The molecule has 1 saturated carbocycles. The average Bonchev–Trinajstić information content (AvgIpc) is 2.76. The largest absolute Gasteiger partial charge is 0.388 e. The zero-order valence-corrected chi connectivity index (χ0v) is 13.3. The van der Waals surface area contributed by atoms with Crippen LogP contribution in [0.4, 0.5) is 4.39 Å². The summed E-state index contributed by atoms with van der Waals surface area (Å²) in [6, 6.07) is 7.16. The quantitative estimate of drug-likeness (QED) is 0.824. The smallest absolute Gasteiger partial charge is 0.129 e. The van der Waals surface area contributed by atoms with Gasteiger partial charge in [0.2, 0.25) is 0 Å². The lowest BCUT2D eigenvalue weighted by atomic mass is 9.95. The molecule has 0 bridgehead atoms. The van der Waals surface area contributed by atoms with Crippen molar-refractivity contribution in [3.05, 3.63) is 35.6 Å². The van der Waals surface area contributed by atoms with Crippen LogP contribution in [0, 0.1) is 11.7 Å². The molecule has 0 amide bonds. The molecule has 0 aliphatic heterocycles. The normalized spacial score (nSPS) is 20.2. The van der Waals surface area contributed by atoms with Gasteiger partial charge in [0, 0.05) is 18.2 Å². The fourth-order valence-corrected chi connectivity index (χ4v) is 3.42. The van der Waals surface area contributed by atoms with E-state index in [2.05, 4.69) is 11.9 Å². The van der Waals surface area contributed by atoms with Crippen LogP contribution in [0.3, 0.4) is 0 Å². The van der Waals surface area contributed by atoms with E-state index in [0.717, 1.165) is 6.54 Å². The molecule has 0 saturated heterocycles. The summed E-state index contributed by atoms with van der Waals surface area (Å²) in [6.07, 6.45) is 7.06. The topological polar surface area (TPSA) is 23.5 Å². The molecule has 0 radical (unpaired) electrons. The summed E-state index contributed by atoms with van der Waals surface area (Å²) in [6.45, 7) is 2.81. The third-order valence-corrected chi connectivity index (χ3v) is 4.79. The molecule has 1 fully saturated rings. The molecule has 0 spiro atoms. The Morgan fingerprint density at radius 1 is 1.19 bits per heavy atom. The summed E-state index contributed by atoms with van der Waals surface area (Å²) >= 11 is 0. The second-order valence-corrected chi connectivity index (χ2v) is 6.53. The minimum absolute atomic E-state index is 0.0233. The minimum atomic E-state index is -0.737. The van der Waals surface area contributed by atoms with E-state index in [0.29, 0.717) is 11.6 Å². The van der Waals surface area contributed by atoms with Gasteiger partial charge in [-0.15, -0.1) is 0 Å². The summed E-state index contributed by atoms with van der Waals surface area (Å²) in [5, 5.41) is 10.4. The lowest BCUT2D eigenvalue weighted by molar-refractivity contribution is 0.0780. The zero-order chi connectivity index (χ0) is 15.2. The van der Waals surface area contributed by atoms with Crippen LogP contribution in [0.2, 0.25) is 0 Å². The van der Waals surface area contributed by atoms with Gasteiger partial charge in [-0.25, -0.2) is 4.39 Å². The van der Waals surface area contributed by atoms with Crippen molar-refractivity contribution in [1.29, 1.82) is 0 Å². The Morgan fingerprint density at radius 3 is 2.43 bits per heavy atom. The number of nitrogens with zero attached hydrogens (tertiary/aromatic N) is 1. The highest BCUT2D eigenvalue weighted by atomic mass is 19.1. The summed E-state index contributed by atoms with van der Waals surface area (Å²) in [5.74, 6) is -0.288. The number of halogens is 1. The summed E-state index contributed by atoms with van der Waals surface area (Å²) < 4.78 is 13.8. The number of aliphatic hydroxyl groups is 1. The monoisotopic (exact) mass is 293 g/mol. The second kappa shape index (κ2) is 7.90. The van der Waals surface area contributed by atoms with E-state index < -0.39 is 6.10 Å². The molecule has 118 valence electrons. The number of hydrogen-bond donors (Lipinski definition) is 1. The lowest BCUT2D eigenvalue weighted by Gasteiger charge is -2.31. The van der Waals surface area contributed by atoms with Crippen molar-refractivity contribution in [2.24, 2.45) is 5.92 Å². The molecule has 1 aromatic rings. The molecule has 3 heteroatoms. The van der Waals surface area contributed by atoms with E-state index in [-0.39, 0.29) is 11.7 Å². The van der Waals surface area contributed by atoms with E-state index in [1.165, 1.54) is 44.6 Å². The fourth-order valence-electron chi connectivity index (χ4n) is 3.42. The van der Waals surface area contributed by atoms with Gasteiger partial charge in [0.15, 0.2) is 0 Å². The van der Waals surface area contributed by atoms with Crippen LogP contribution < -0.4 is 0 Å². The van der Waals surface area contributed by atoms with Crippen molar-refractivity contribution < 1.29 is 9.50 Å². The molecular formula is C18H28FNO. The minimum Gasteiger partial charge on any atom is -0.388 e. The van der Waals surface area contributed by atoms with Crippen LogP contribution >= 0.6 is 0 Å². The first kappa shape index (κ1) is 16.4. The SMILES string of the molecule is CC(CN(C)C1CCCCCC1)C(O)c1ccccc1F. The Morgan fingerprint density at radius 2 is 1.81 bits per heavy atom. The Bertz CT molecular complexity index is 429. The van der Waals surface area contributed by atoms with E-state index in [9.17, 15) is 9.50 Å². The maximum atomic E-state index is 13.8. The van der Waals surface area contributed by atoms with Crippen molar-refractivity contribution in [2.45, 2.75) is 57.6 Å². The average molecular weight is 293 g/mol. The molecule has 2 rings (SSSR count). The third-order valence-electron chi connectivity index (χ3n) is 4.79. The fraction of sp³-hybridized carbons (Fsp3) is 0.667. The Kier molecular flexibility index (Phi) is 6.19. The van der Waals surface area contributed by atoms with Crippen molar-refractivity contribution in [1.82, 2.24) is 4.90 Å². The molecule has 1 aliphatic carbocycles. The van der Waals surface area contributed by atoms with Crippen LogP contribution in [0.15, 0.2) is 24.3 Å². The van der Waals surface area contributed by atoms with Gasteiger partial charge in [-0.3, -0.25) is 0 Å². The molecular weight excluding hydrogens is 265 g/mol. The van der Waals surface area contributed by atoms with Crippen molar-refractivity contribution in [2.75, 3.05) is 13.6 Å². The number of benzene rings is 1. The highest BCUT2D eigenvalue weighted by Crippen LogP contribution is 2.27. The van der Waals surface area contributed by atoms with Crippen LogP contribution in [-0.2, 0) is 0 Å². The van der Waals surface area contributed by atoms with Gasteiger partial charge in [0.1, 0.15) is 5.82 Å². The van der Waals surface area contributed by atoms with Crippen molar-refractivity contribution >= 4 is 0 Å². The summed E-state index contributed by atoms with van der Waals surface area (Å²) in [5.41, 5.74) is 0.416. The third kappa shape index (κ3) is 4.52. The predicted molar refractivity (Wildman–Crippen MR) is 84.6 cm³/mol. The number of hydrogen-bond acceptors (Lipinski definition) is 2. The first-order valence-corrected chi connectivity index (χ1v) is 8.22. The molecule has 2 atom stereocenters. The maximum Gasteiger partial charge on any atom is 0.129 e. The van der Waals surface area contributed by atoms with Gasteiger partial charge in [0.05, 0.1) is 6.10 Å². The van der Waals surface area contributed by atoms with Gasteiger partial charge in [-0.05, 0) is 31.9 Å². The lowest BCUT2D eigenvalue weighted by Crippen LogP contribution is -2.36. The second-order valence-electron chi connectivity index (χ2n) is 6.53. The van der Waals surface area contributed by atoms with Gasteiger partial charge < -0.3 is 10.0 Å². The highest BCUT2D eigenvalue weighted by Gasteiger charge is 2.24. The van der Waals surface area contributed by atoms with Gasteiger partial charge >= 0.3 is 0 Å². The molecule has 21 heavy (non-hydrogen) atoms. The van der Waals surface area contributed by atoms with E-state index in [4.69, 9.17) is 0 Å². The first-order chi connectivity index (χ1) is 10.1. The van der Waals surface area contributed by atoms with Crippen molar-refractivity contribution in [3.63, 3.8) is 0 Å². The van der Waals surface area contributed by atoms with Crippen LogP contribution in [-0.4, -0.2) is 29.6 Å². The Balaban J connectivity index is 1.93. The standard InChI is InChI=1S/C18H28FNO/c1-14(18(21)16-11-7-8-12-17(16)19)13-20(2)15-9-5-3-4-6-10-15/h7-8,11-12,14-15,18,21H,3-6,9-10,13H2,1-2H3. The summed E-state index contributed by atoms with van der Waals surface area (Å²) in [4.78, 5) is 2.36. The molecule has 1 N–H and O–H groups in total. The van der Waals surface area contributed by atoms with E-state index >= 15 is 0 Å². The van der Waals surface area contributed by atoms with Crippen LogP contribution in [0.25, 0.3) is 0 Å². The molecule has 2 unspecified atom stereocenters. The zero-order valence-electron chi connectivity index (χ0n) is 13.3. The molecule has 0 aromatic heterocycles. The van der Waals surface area contributed by atoms with Crippen LogP contribution in [0.5, 0.6) is 0 Å². The number of rotatable bonds is 5. The molecule has 2 nitrogen and oxygen atoms in total. The Hall–Kier alpha value is -0.930. The summed E-state index contributed by atoms with van der Waals surface area (Å²) in [7, 11) is 2.14. The first-order valence-electron chi connectivity index (χ1n) is 8.22. The molecule has 0 heterocycles. The van der Waals surface area contributed by atoms with Gasteiger partial charge in [-0.2, -0.15) is 0 Å². The van der Waals surface area contributed by atoms with E-state index in [1.807, 2.05) is 6.92 Å². The van der Waals surface area contributed by atoms with Gasteiger partial charge in [-0.1, -0.05) is 50.8 Å². The van der Waals surface area contributed by atoms with Gasteiger partial charge in [0.25, 0.3) is 0 Å². The van der Waals surface area contributed by atoms with Crippen molar-refractivity contribution in [3.8, 4) is 0 Å². The predicted octanol–water partition coefficient (Wildman–Crippen LogP) is 4.15. The van der Waals surface area contributed by atoms with E-state index in [1.54, 1.807) is 18.2 Å². The Labute approximate surface area is 128 Å². The number of aliphatic hydroxyl groups excluding tert-OH is 1. The molecule has 1 aromatic carbocycles. The maximum absolute atomic E-state index is 13.8. The molecule has 1 aliphatic rings. The highest BCUT2D eigenvalue weighted by molar-refractivity contribution is 5.20. The van der Waals surface area contributed by atoms with Crippen LogP contribution in [0.1, 0.15) is 57.1 Å².